The summed E-state index contributed by atoms with van der Waals surface area (Å²) in [5.74, 6) is -0.144. The molecule has 9 heteroatoms. The summed E-state index contributed by atoms with van der Waals surface area (Å²) in [4.78, 5) is 23.0. The van der Waals surface area contributed by atoms with E-state index in [9.17, 15) is 19.4 Å². The van der Waals surface area contributed by atoms with E-state index in [1.54, 1.807) is 0 Å². The number of rotatable bonds is 38. The monoisotopic (exact) mass is 720 g/mol. The maximum atomic E-state index is 12.8. The number of aliphatic hydroxyl groups is 1. The Morgan fingerprint density at radius 2 is 0.980 bits per heavy atom. The molecule has 49 heavy (non-hydrogen) atoms. The van der Waals surface area contributed by atoms with Crippen LogP contribution in [0.3, 0.4) is 0 Å². The first-order chi connectivity index (χ1) is 23.5. The van der Waals surface area contributed by atoms with Crippen molar-refractivity contribution in [2.24, 2.45) is 0 Å². The molecular weight excluding hydrogens is 635 g/mol. The molecule has 0 fully saturated rings. The topological polar surface area (TPSA) is 105 Å². The number of nitrogens with zero attached hydrogens (tertiary/aromatic N) is 1. The lowest BCUT2D eigenvalue weighted by Gasteiger charge is -2.26. The van der Waals surface area contributed by atoms with Crippen LogP contribution >= 0.6 is 7.82 Å². The Balaban J connectivity index is 4.21. The van der Waals surface area contributed by atoms with Gasteiger partial charge >= 0.3 is 7.82 Å². The molecule has 294 valence electrons. The molecule has 1 amide bonds. The van der Waals surface area contributed by atoms with Gasteiger partial charge in [0.2, 0.25) is 5.91 Å². The standard InChI is InChI=1S/C40H83N2O6P/c1-6-8-10-12-14-16-17-18-19-20-21-22-23-24-25-26-28-30-32-34-40(44)41-38(37-48-49(45,46)47-36-35-42(3,4)5)39(43)33-31-29-27-15-13-11-9-7-2/h38-39,43H,6-37H2,1-5H3,(H-,41,44,45,46)/p+1. The first-order valence-electron chi connectivity index (χ1n) is 20.9. The van der Waals surface area contributed by atoms with Gasteiger partial charge in [-0.1, -0.05) is 181 Å². The Morgan fingerprint density at radius 1 is 0.612 bits per heavy atom. The first kappa shape index (κ1) is 48.5. The van der Waals surface area contributed by atoms with Gasteiger partial charge in [-0.2, -0.15) is 0 Å². The van der Waals surface area contributed by atoms with Crippen LogP contribution < -0.4 is 5.32 Å². The van der Waals surface area contributed by atoms with Crippen molar-refractivity contribution in [3.63, 3.8) is 0 Å². The number of hydrogen-bond acceptors (Lipinski definition) is 5. The molecule has 0 heterocycles. The molecule has 0 aliphatic rings. The first-order valence-corrected chi connectivity index (χ1v) is 22.4. The van der Waals surface area contributed by atoms with Gasteiger partial charge in [0.15, 0.2) is 0 Å². The van der Waals surface area contributed by atoms with E-state index in [4.69, 9.17) is 9.05 Å². The van der Waals surface area contributed by atoms with Crippen LogP contribution in [0.1, 0.15) is 200 Å². The lowest BCUT2D eigenvalue weighted by molar-refractivity contribution is -0.870. The fourth-order valence-electron chi connectivity index (χ4n) is 6.22. The molecule has 0 saturated carbocycles. The molecule has 0 aromatic carbocycles. The molecule has 0 spiro atoms. The second-order valence-corrected chi connectivity index (χ2v) is 17.2. The van der Waals surface area contributed by atoms with Gasteiger partial charge in [0.05, 0.1) is 39.9 Å². The number of carbonyl (C=O) groups is 1. The summed E-state index contributed by atoms with van der Waals surface area (Å²) < 4.78 is 23.5. The number of aliphatic hydroxyl groups excluding tert-OH is 1. The summed E-state index contributed by atoms with van der Waals surface area (Å²) in [5, 5.41) is 13.8. The molecule has 0 radical (unpaired) electrons. The molecule has 0 aliphatic carbocycles. The Bertz CT molecular complexity index is 778. The van der Waals surface area contributed by atoms with E-state index < -0.39 is 20.0 Å². The number of phosphoric ester groups is 1. The molecule has 0 saturated heterocycles. The predicted octanol–water partition coefficient (Wildman–Crippen LogP) is 11.0. The smallest absolute Gasteiger partial charge is 0.391 e. The van der Waals surface area contributed by atoms with Crippen LogP contribution in [0.4, 0.5) is 0 Å². The number of phosphoric acid groups is 1. The summed E-state index contributed by atoms with van der Waals surface area (Å²) in [6, 6.07) is -0.750. The fraction of sp³-hybridized carbons (Fsp3) is 0.975. The van der Waals surface area contributed by atoms with Gasteiger partial charge < -0.3 is 19.8 Å². The highest BCUT2D eigenvalue weighted by Crippen LogP contribution is 2.43. The summed E-state index contributed by atoms with van der Waals surface area (Å²) >= 11 is 0. The normalized spacial score (nSPS) is 14.5. The highest BCUT2D eigenvalue weighted by Gasteiger charge is 2.28. The summed E-state index contributed by atoms with van der Waals surface area (Å²) in [6.07, 6.45) is 34.2. The zero-order chi connectivity index (χ0) is 36.5. The number of hydrogen-bond donors (Lipinski definition) is 3. The SMILES string of the molecule is CCCCCCCCCCCCCCCCCCCCCC(=O)NC(COP(=O)(O)OCC[N+](C)(C)C)C(O)CCCCCCCCCC. The third-order valence-electron chi connectivity index (χ3n) is 9.61. The third-order valence-corrected chi connectivity index (χ3v) is 10.6. The molecular formula is C40H84N2O6P+. The van der Waals surface area contributed by atoms with Crippen LogP contribution in [0.25, 0.3) is 0 Å². The number of nitrogens with one attached hydrogen (secondary N) is 1. The summed E-state index contributed by atoms with van der Waals surface area (Å²) in [6.45, 7) is 4.86. The average molecular weight is 720 g/mol. The zero-order valence-corrected chi connectivity index (χ0v) is 34.1. The maximum absolute atomic E-state index is 12.8. The van der Waals surface area contributed by atoms with E-state index in [-0.39, 0.29) is 19.1 Å². The third kappa shape index (κ3) is 35.7. The number of amides is 1. The van der Waals surface area contributed by atoms with Gasteiger partial charge in [-0.25, -0.2) is 4.57 Å². The molecule has 3 atom stereocenters. The maximum Gasteiger partial charge on any atom is 0.472 e. The summed E-state index contributed by atoms with van der Waals surface area (Å²) in [5.41, 5.74) is 0. The minimum Gasteiger partial charge on any atom is -0.391 e. The lowest BCUT2D eigenvalue weighted by Crippen LogP contribution is -2.46. The van der Waals surface area contributed by atoms with E-state index in [1.165, 1.54) is 135 Å². The highest BCUT2D eigenvalue weighted by molar-refractivity contribution is 7.47. The largest absolute Gasteiger partial charge is 0.472 e. The molecule has 3 unspecified atom stereocenters. The second kappa shape index (κ2) is 33.3. The molecule has 0 aromatic heterocycles. The Morgan fingerprint density at radius 3 is 1.37 bits per heavy atom. The second-order valence-electron chi connectivity index (χ2n) is 15.7. The van der Waals surface area contributed by atoms with Crippen molar-refractivity contribution in [3.05, 3.63) is 0 Å². The fourth-order valence-corrected chi connectivity index (χ4v) is 6.96. The Labute approximate surface area is 304 Å². The van der Waals surface area contributed by atoms with Gasteiger partial charge in [-0.05, 0) is 12.8 Å². The van der Waals surface area contributed by atoms with E-state index in [2.05, 4.69) is 19.2 Å². The van der Waals surface area contributed by atoms with E-state index in [0.717, 1.165) is 38.5 Å². The van der Waals surface area contributed by atoms with Crippen molar-refractivity contribution in [1.29, 1.82) is 0 Å². The molecule has 8 nitrogen and oxygen atoms in total. The van der Waals surface area contributed by atoms with Crippen LogP contribution in [-0.2, 0) is 18.4 Å². The Hall–Kier alpha value is -0.500. The van der Waals surface area contributed by atoms with Gasteiger partial charge in [-0.3, -0.25) is 13.8 Å². The number of unbranched alkanes of at least 4 members (excludes halogenated alkanes) is 25. The van der Waals surface area contributed by atoms with Gasteiger partial charge in [0.25, 0.3) is 0 Å². The van der Waals surface area contributed by atoms with Crippen molar-refractivity contribution in [2.75, 3.05) is 40.9 Å². The highest BCUT2D eigenvalue weighted by atomic mass is 31.2. The van der Waals surface area contributed by atoms with Crippen LogP contribution in [0, 0.1) is 0 Å². The molecule has 0 aromatic rings. The minimum atomic E-state index is -4.30. The quantitative estimate of drug-likeness (QED) is 0.0333. The van der Waals surface area contributed by atoms with Gasteiger partial charge in [0, 0.05) is 6.42 Å². The number of carbonyl (C=O) groups excluding carboxylic acids is 1. The number of quaternary nitrogens is 1. The van der Waals surface area contributed by atoms with E-state index in [1.807, 2.05) is 21.1 Å². The zero-order valence-electron chi connectivity index (χ0n) is 33.2. The van der Waals surface area contributed by atoms with Crippen molar-refractivity contribution >= 4 is 13.7 Å². The lowest BCUT2D eigenvalue weighted by atomic mass is 10.0. The van der Waals surface area contributed by atoms with Crippen LogP contribution in [-0.4, -0.2) is 73.4 Å². The van der Waals surface area contributed by atoms with E-state index >= 15 is 0 Å². The van der Waals surface area contributed by atoms with Gasteiger partial charge in [0.1, 0.15) is 13.2 Å². The molecule has 0 bridgehead atoms. The molecule has 0 aliphatic heterocycles. The van der Waals surface area contributed by atoms with Crippen molar-refractivity contribution in [2.45, 2.75) is 212 Å². The summed E-state index contributed by atoms with van der Waals surface area (Å²) in [7, 11) is 1.62. The van der Waals surface area contributed by atoms with Crippen molar-refractivity contribution in [1.82, 2.24) is 5.32 Å². The van der Waals surface area contributed by atoms with Crippen molar-refractivity contribution in [3.8, 4) is 0 Å². The number of likely N-dealkylation sites (N-methyl/N-ethyl adjacent to an activating group) is 1. The predicted molar refractivity (Wildman–Crippen MR) is 208 cm³/mol. The Kier molecular flexibility index (Phi) is 33.0. The minimum absolute atomic E-state index is 0.0779. The van der Waals surface area contributed by atoms with E-state index in [0.29, 0.717) is 23.9 Å². The van der Waals surface area contributed by atoms with Gasteiger partial charge in [-0.15, -0.1) is 0 Å². The molecule has 3 N–H and O–H groups in total. The van der Waals surface area contributed by atoms with Crippen molar-refractivity contribution < 1.29 is 32.9 Å². The average Bonchev–Trinajstić information content (AvgIpc) is 3.04. The van der Waals surface area contributed by atoms with Crippen LogP contribution in [0.15, 0.2) is 0 Å². The van der Waals surface area contributed by atoms with Crippen LogP contribution in [0.2, 0.25) is 0 Å². The van der Waals surface area contributed by atoms with Crippen LogP contribution in [0.5, 0.6) is 0 Å². The molecule has 0 rings (SSSR count).